The topological polar surface area (TPSA) is 62.2 Å². The molecule has 0 aliphatic heterocycles. The van der Waals surface area contributed by atoms with Crippen molar-refractivity contribution in [1.29, 1.82) is 0 Å². The van der Waals surface area contributed by atoms with E-state index in [9.17, 15) is 9.90 Å². The quantitative estimate of drug-likeness (QED) is 0.547. The van der Waals surface area contributed by atoms with Crippen LogP contribution in [0.4, 0.5) is 5.82 Å². The maximum atomic E-state index is 13.2. The molecule has 1 fully saturated rings. The molecule has 4 nitrogen and oxygen atoms in total. The van der Waals surface area contributed by atoms with E-state index in [1.165, 1.54) is 31.2 Å². The second kappa shape index (κ2) is 9.68. The number of aromatic nitrogens is 1. The van der Waals surface area contributed by atoms with Gasteiger partial charge in [-0.2, -0.15) is 0 Å². The number of aliphatic hydroxyl groups is 1. The number of hydrogen-bond donors (Lipinski definition) is 2. The van der Waals surface area contributed by atoms with Gasteiger partial charge in [-0.1, -0.05) is 86.3 Å². The molecule has 1 heterocycles. The predicted molar refractivity (Wildman–Crippen MR) is 120 cm³/mol. The van der Waals surface area contributed by atoms with Crippen molar-refractivity contribution in [2.45, 2.75) is 44.6 Å². The first-order valence-electron chi connectivity index (χ1n) is 10.7. The zero-order valence-electron chi connectivity index (χ0n) is 17.1. The van der Waals surface area contributed by atoms with Crippen molar-refractivity contribution >= 4 is 11.7 Å². The number of carbonyl (C=O) groups is 1. The first-order chi connectivity index (χ1) is 14.7. The molecule has 0 radical (unpaired) electrons. The second-order valence-corrected chi connectivity index (χ2v) is 8.13. The van der Waals surface area contributed by atoms with Gasteiger partial charge < -0.3 is 10.4 Å². The molecule has 0 spiro atoms. The van der Waals surface area contributed by atoms with E-state index < -0.39 is 0 Å². The van der Waals surface area contributed by atoms with E-state index in [0.29, 0.717) is 11.7 Å². The van der Waals surface area contributed by atoms with Gasteiger partial charge in [0, 0.05) is 6.20 Å². The lowest BCUT2D eigenvalue weighted by molar-refractivity contribution is -0.118. The van der Waals surface area contributed by atoms with Crippen LogP contribution in [0.15, 0.2) is 72.9 Å². The van der Waals surface area contributed by atoms with Crippen LogP contribution in [0.3, 0.4) is 0 Å². The molecule has 30 heavy (non-hydrogen) atoms. The van der Waals surface area contributed by atoms with Gasteiger partial charge in [-0.3, -0.25) is 4.79 Å². The van der Waals surface area contributed by atoms with Crippen LogP contribution in [0.25, 0.3) is 11.1 Å². The summed E-state index contributed by atoms with van der Waals surface area (Å²) in [7, 11) is 0. The van der Waals surface area contributed by atoms with Crippen molar-refractivity contribution in [2.75, 3.05) is 5.32 Å². The Hall–Kier alpha value is -2.98. The lowest BCUT2D eigenvalue weighted by Gasteiger charge is -2.21. The Balaban J connectivity index is 1.54. The van der Waals surface area contributed by atoms with Crippen molar-refractivity contribution < 1.29 is 9.90 Å². The highest BCUT2D eigenvalue weighted by atomic mass is 16.3. The van der Waals surface area contributed by atoms with E-state index >= 15 is 0 Å². The molecule has 1 saturated carbocycles. The van der Waals surface area contributed by atoms with E-state index in [2.05, 4.69) is 46.7 Å². The van der Waals surface area contributed by atoms with Crippen molar-refractivity contribution in [2.24, 2.45) is 5.92 Å². The molecular weight excluding hydrogens is 372 g/mol. The zero-order valence-corrected chi connectivity index (χ0v) is 17.1. The summed E-state index contributed by atoms with van der Waals surface area (Å²) in [5.74, 6) is 0.907. The van der Waals surface area contributed by atoms with E-state index in [-0.39, 0.29) is 18.4 Å². The van der Waals surface area contributed by atoms with E-state index in [1.807, 2.05) is 18.2 Å². The summed E-state index contributed by atoms with van der Waals surface area (Å²) in [4.78, 5) is 17.5. The van der Waals surface area contributed by atoms with Crippen molar-refractivity contribution in [1.82, 2.24) is 4.98 Å². The van der Waals surface area contributed by atoms with Crippen LogP contribution in [-0.2, 0) is 11.4 Å². The van der Waals surface area contributed by atoms with E-state index in [0.717, 1.165) is 23.1 Å². The smallest absolute Gasteiger partial charge is 0.233 e. The predicted octanol–water partition coefficient (Wildman–Crippen LogP) is 5.54. The van der Waals surface area contributed by atoms with Gasteiger partial charge in [-0.05, 0) is 40.7 Å². The van der Waals surface area contributed by atoms with Gasteiger partial charge in [-0.15, -0.1) is 0 Å². The molecule has 2 N–H and O–H groups in total. The molecule has 0 saturated heterocycles. The van der Waals surface area contributed by atoms with Gasteiger partial charge in [0.15, 0.2) is 0 Å². The third-order valence-electron chi connectivity index (χ3n) is 6.04. The third-order valence-corrected chi connectivity index (χ3v) is 6.04. The van der Waals surface area contributed by atoms with Gasteiger partial charge in [-0.25, -0.2) is 4.98 Å². The Morgan fingerprint density at radius 1 is 0.967 bits per heavy atom. The number of aliphatic hydroxyl groups excluding tert-OH is 1. The molecule has 1 unspecified atom stereocenters. The van der Waals surface area contributed by atoms with Gasteiger partial charge >= 0.3 is 0 Å². The third kappa shape index (κ3) is 4.95. The van der Waals surface area contributed by atoms with E-state index in [4.69, 9.17) is 0 Å². The number of nitrogens with zero attached hydrogens (tertiary/aromatic N) is 1. The summed E-state index contributed by atoms with van der Waals surface area (Å²) in [6.07, 6.45) is 7.39. The highest BCUT2D eigenvalue weighted by Gasteiger charge is 2.27. The first-order valence-corrected chi connectivity index (χ1v) is 10.7. The number of anilines is 1. The van der Waals surface area contributed by atoms with Crippen LogP contribution in [-0.4, -0.2) is 16.0 Å². The molecule has 2 aromatic carbocycles. The van der Waals surface area contributed by atoms with Crippen LogP contribution in [0, 0.1) is 5.92 Å². The molecular formula is C26H28N2O2. The van der Waals surface area contributed by atoms with Crippen molar-refractivity contribution in [3.63, 3.8) is 0 Å². The fourth-order valence-electron chi connectivity index (χ4n) is 4.32. The minimum atomic E-state index is -0.197. The number of pyridine rings is 1. The largest absolute Gasteiger partial charge is 0.392 e. The minimum absolute atomic E-state index is 0.0152. The molecule has 154 valence electrons. The number of rotatable bonds is 7. The Kier molecular flexibility index (Phi) is 6.55. The van der Waals surface area contributed by atoms with E-state index in [1.54, 1.807) is 18.3 Å². The molecule has 1 atom stereocenters. The maximum Gasteiger partial charge on any atom is 0.233 e. The van der Waals surface area contributed by atoms with Crippen LogP contribution >= 0.6 is 0 Å². The summed E-state index contributed by atoms with van der Waals surface area (Å²) >= 11 is 0. The maximum absolute atomic E-state index is 13.2. The summed E-state index contributed by atoms with van der Waals surface area (Å²) in [5.41, 5.74) is 4.10. The standard InChI is InChI=1S/C26H28N2O2/c29-18-20-10-15-25(27-17-20)28-26(30)24(16-19-6-4-5-7-19)23-13-11-22(12-14-23)21-8-2-1-3-9-21/h1-3,8-15,17,19,24,29H,4-7,16,18H2,(H,27,28,30). The summed E-state index contributed by atoms with van der Waals surface area (Å²) in [6, 6.07) is 22.2. The fraction of sp³-hybridized carbons (Fsp3) is 0.308. The zero-order chi connectivity index (χ0) is 20.8. The lowest BCUT2D eigenvalue weighted by atomic mass is 9.86. The van der Waals surface area contributed by atoms with Crippen LogP contribution in [0.2, 0.25) is 0 Å². The average Bonchev–Trinajstić information content (AvgIpc) is 3.32. The molecule has 1 amide bonds. The van der Waals surface area contributed by atoms with Crippen molar-refractivity contribution in [3.8, 4) is 11.1 Å². The molecule has 0 bridgehead atoms. The summed E-state index contributed by atoms with van der Waals surface area (Å²) < 4.78 is 0. The Morgan fingerprint density at radius 2 is 1.67 bits per heavy atom. The van der Waals surface area contributed by atoms with Gasteiger partial charge in [0.1, 0.15) is 5.82 Å². The molecule has 4 heteroatoms. The molecule has 4 rings (SSSR count). The minimum Gasteiger partial charge on any atom is -0.392 e. The number of benzene rings is 2. The highest BCUT2D eigenvalue weighted by Crippen LogP contribution is 2.35. The first kappa shape index (κ1) is 20.3. The van der Waals surface area contributed by atoms with Gasteiger partial charge in [0.2, 0.25) is 5.91 Å². The molecule has 3 aromatic rings. The lowest BCUT2D eigenvalue weighted by Crippen LogP contribution is -2.23. The number of carbonyl (C=O) groups excluding carboxylic acids is 1. The Labute approximate surface area is 178 Å². The Bertz CT molecular complexity index is 947. The highest BCUT2D eigenvalue weighted by molar-refractivity contribution is 5.95. The SMILES string of the molecule is O=C(Nc1ccc(CO)cn1)C(CC1CCCC1)c1ccc(-c2ccccc2)cc1. The summed E-state index contributed by atoms with van der Waals surface area (Å²) in [5, 5.41) is 12.2. The normalized spacial score (nSPS) is 15.1. The fourth-order valence-corrected chi connectivity index (χ4v) is 4.32. The molecule has 1 aromatic heterocycles. The van der Waals surface area contributed by atoms with Gasteiger partial charge in [0.25, 0.3) is 0 Å². The van der Waals surface area contributed by atoms with Gasteiger partial charge in [0.05, 0.1) is 12.5 Å². The van der Waals surface area contributed by atoms with Crippen LogP contribution in [0.1, 0.15) is 49.1 Å². The van der Waals surface area contributed by atoms with Crippen LogP contribution in [0.5, 0.6) is 0 Å². The molecule has 1 aliphatic rings. The summed E-state index contributed by atoms with van der Waals surface area (Å²) in [6.45, 7) is -0.0563. The van der Waals surface area contributed by atoms with Crippen LogP contribution < -0.4 is 5.32 Å². The number of hydrogen-bond acceptors (Lipinski definition) is 3. The monoisotopic (exact) mass is 400 g/mol. The number of nitrogens with one attached hydrogen (secondary N) is 1. The van der Waals surface area contributed by atoms with Crippen molar-refractivity contribution in [3.05, 3.63) is 84.1 Å². The number of amides is 1. The Morgan fingerprint density at radius 3 is 2.30 bits per heavy atom. The second-order valence-electron chi connectivity index (χ2n) is 8.13. The average molecular weight is 401 g/mol. The molecule has 1 aliphatic carbocycles.